The molecular weight excluding hydrogens is 396 g/mol. The van der Waals surface area contributed by atoms with Crippen LogP contribution in [-0.4, -0.2) is 20.7 Å². The van der Waals surface area contributed by atoms with Crippen LogP contribution in [0.25, 0.3) is 0 Å². The van der Waals surface area contributed by atoms with Crippen molar-refractivity contribution in [1.29, 1.82) is 0 Å². The first-order valence-corrected chi connectivity index (χ1v) is 9.04. The Morgan fingerprint density at radius 2 is 1.96 bits per heavy atom. The molecule has 0 atom stereocenters. The zero-order valence-corrected chi connectivity index (χ0v) is 16.1. The van der Waals surface area contributed by atoms with Crippen molar-refractivity contribution in [1.82, 2.24) is 14.8 Å². The SMILES string of the molecule is CC(C)c1[nH]nc(C(=O)Nc2ccc(Cn3ccccc3=O)cc2)c1Br. The highest BCUT2D eigenvalue weighted by atomic mass is 79.9. The van der Waals surface area contributed by atoms with E-state index in [4.69, 9.17) is 0 Å². The maximum atomic E-state index is 12.4. The fraction of sp³-hybridized carbons (Fsp3) is 0.211. The van der Waals surface area contributed by atoms with Crippen molar-refractivity contribution < 1.29 is 4.79 Å². The van der Waals surface area contributed by atoms with Crippen LogP contribution < -0.4 is 10.9 Å². The molecule has 6 nitrogen and oxygen atoms in total. The lowest BCUT2D eigenvalue weighted by atomic mass is 10.1. The van der Waals surface area contributed by atoms with E-state index in [1.807, 2.05) is 44.2 Å². The number of halogens is 1. The van der Waals surface area contributed by atoms with E-state index in [0.717, 1.165) is 11.3 Å². The van der Waals surface area contributed by atoms with Crippen LogP contribution in [0, 0.1) is 0 Å². The van der Waals surface area contributed by atoms with Crippen molar-refractivity contribution in [2.45, 2.75) is 26.3 Å². The Labute approximate surface area is 159 Å². The first-order chi connectivity index (χ1) is 12.5. The van der Waals surface area contributed by atoms with Crippen molar-refractivity contribution in [3.05, 3.63) is 80.4 Å². The molecule has 1 amide bonds. The van der Waals surface area contributed by atoms with E-state index < -0.39 is 0 Å². The minimum absolute atomic E-state index is 0.0470. The lowest BCUT2D eigenvalue weighted by Gasteiger charge is -2.08. The number of hydrogen-bond acceptors (Lipinski definition) is 3. The maximum Gasteiger partial charge on any atom is 0.277 e. The number of H-pyrrole nitrogens is 1. The van der Waals surface area contributed by atoms with Gasteiger partial charge in [-0.2, -0.15) is 5.10 Å². The van der Waals surface area contributed by atoms with Crippen LogP contribution in [0.3, 0.4) is 0 Å². The van der Waals surface area contributed by atoms with Gasteiger partial charge in [0.25, 0.3) is 11.5 Å². The number of aromatic amines is 1. The highest BCUT2D eigenvalue weighted by Gasteiger charge is 2.19. The quantitative estimate of drug-likeness (QED) is 0.666. The Morgan fingerprint density at radius 1 is 1.23 bits per heavy atom. The number of rotatable bonds is 5. The molecule has 3 rings (SSSR count). The second-order valence-electron chi connectivity index (χ2n) is 6.27. The lowest BCUT2D eigenvalue weighted by molar-refractivity contribution is 0.102. The molecule has 2 N–H and O–H groups in total. The molecule has 0 bridgehead atoms. The summed E-state index contributed by atoms with van der Waals surface area (Å²) in [6.45, 7) is 4.53. The molecule has 0 aliphatic heterocycles. The van der Waals surface area contributed by atoms with Crippen molar-refractivity contribution in [2.75, 3.05) is 5.32 Å². The normalized spacial score (nSPS) is 10.9. The van der Waals surface area contributed by atoms with E-state index >= 15 is 0 Å². The van der Waals surface area contributed by atoms with E-state index in [0.29, 0.717) is 22.4 Å². The van der Waals surface area contributed by atoms with Gasteiger partial charge in [-0.25, -0.2) is 0 Å². The van der Waals surface area contributed by atoms with Gasteiger partial charge in [0.2, 0.25) is 0 Å². The van der Waals surface area contributed by atoms with Crippen LogP contribution in [0.15, 0.2) is 57.9 Å². The number of nitrogens with one attached hydrogen (secondary N) is 2. The smallest absolute Gasteiger partial charge is 0.277 e. The molecule has 0 saturated carbocycles. The van der Waals surface area contributed by atoms with Gasteiger partial charge < -0.3 is 9.88 Å². The van der Waals surface area contributed by atoms with Crippen LogP contribution in [0.2, 0.25) is 0 Å². The fourth-order valence-corrected chi connectivity index (χ4v) is 3.36. The van der Waals surface area contributed by atoms with Gasteiger partial charge in [0, 0.05) is 18.0 Å². The number of nitrogens with zero attached hydrogens (tertiary/aromatic N) is 2. The molecule has 3 aromatic rings. The number of benzene rings is 1. The summed E-state index contributed by atoms with van der Waals surface area (Å²) in [4.78, 5) is 24.2. The zero-order valence-electron chi connectivity index (χ0n) is 14.5. The molecule has 0 saturated heterocycles. The standard InChI is InChI=1S/C19H19BrN4O2/c1-12(2)17-16(20)18(23-22-17)19(26)21-14-8-6-13(7-9-14)11-24-10-4-3-5-15(24)25/h3-10,12H,11H2,1-2H3,(H,21,26)(H,22,23). The van der Waals surface area contributed by atoms with Gasteiger partial charge in [0.05, 0.1) is 16.7 Å². The van der Waals surface area contributed by atoms with Crippen molar-refractivity contribution in [2.24, 2.45) is 0 Å². The van der Waals surface area contributed by atoms with E-state index in [1.54, 1.807) is 16.8 Å². The van der Waals surface area contributed by atoms with Gasteiger partial charge >= 0.3 is 0 Å². The van der Waals surface area contributed by atoms with Gasteiger partial charge in [0.15, 0.2) is 5.69 Å². The first kappa shape index (κ1) is 18.1. The third-order valence-electron chi connectivity index (χ3n) is 3.99. The predicted octanol–water partition coefficient (Wildman–Crippen LogP) is 3.76. The monoisotopic (exact) mass is 414 g/mol. The molecule has 0 spiro atoms. The molecule has 2 heterocycles. The van der Waals surface area contributed by atoms with Crippen LogP contribution in [0.1, 0.15) is 41.5 Å². The highest BCUT2D eigenvalue weighted by molar-refractivity contribution is 9.10. The van der Waals surface area contributed by atoms with Crippen molar-refractivity contribution >= 4 is 27.5 Å². The van der Waals surface area contributed by atoms with Gasteiger partial charge in [-0.3, -0.25) is 14.7 Å². The number of aromatic nitrogens is 3. The summed E-state index contributed by atoms with van der Waals surface area (Å²) >= 11 is 3.43. The second kappa shape index (κ2) is 7.70. The molecule has 0 unspecified atom stereocenters. The summed E-state index contributed by atoms with van der Waals surface area (Å²) in [7, 11) is 0. The number of amides is 1. The van der Waals surface area contributed by atoms with Crippen LogP contribution >= 0.6 is 15.9 Å². The van der Waals surface area contributed by atoms with Gasteiger partial charge in [-0.15, -0.1) is 0 Å². The number of carbonyl (C=O) groups is 1. The third kappa shape index (κ3) is 3.94. The third-order valence-corrected chi connectivity index (χ3v) is 4.79. The Hall–Kier alpha value is -2.67. The molecule has 7 heteroatoms. The molecule has 1 aromatic carbocycles. The number of pyridine rings is 1. The minimum Gasteiger partial charge on any atom is -0.321 e. The molecule has 0 radical (unpaired) electrons. The van der Waals surface area contributed by atoms with Gasteiger partial charge in [-0.05, 0) is 45.6 Å². The summed E-state index contributed by atoms with van der Waals surface area (Å²) in [5, 5.41) is 9.82. The molecule has 0 aliphatic rings. The minimum atomic E-state index is -0.285. The van der Waals surface area contributed by atoms with E-state index in [2.05, 4.69) is 31.4 Å². The topological polar surface area (TPSA) is 79.8 Å². The second-order valence-corrected chi connectivity index (χ2v) is 7.07. The molecule has 0 fully saturated rings. The molecule has 2 aromatic heterocycles. The fourth-order valence-electron chi connectivity index (χ4n) is 2.55. The van der Waals surface area contributed by atoms with Crippen LogP contribution in [-0.2, 0) is 6.54 Å². The molecular formula is C19H19BrN4O2. The maximum absolute atomic E-state index is 12.4. The van der Waals surface area contributed by atoms with Crippen LogP contribution in [0.5, 0.6) is 0 Å². The lowest BCUT2D eigenvalue weighted by Crippen LogP contribution is -2.18. The summed E-state index contributed by atoms with van der Waals surface area (Å²) in [6, 6.07) is 12.5. The van der Waals surface area contributed by atoms with E-state index in [1.165, 1.54) is 6.07 Å². The van der Waals surface area contributed by atoms with E-state index in [9.17, 15) is 9.59 Å². The Morgan fingerprint density at radius 3 is 2.58 bits per heavy atom. The van der Waals surface area contributed by atoms with Crippen molar-refractivity contribution in [3.8, 4) is 0 Å². The average Bonchev–Trinajstić information content (AvgIpc) is 3.00. The molecule has 134 valence electrons. The zero-order chi connectivity index (χ0) is 18.7. The largest absolute Gasteiger partial charge is 0.321 e. The Kier molecular flexibility index (Phi) is 5.37. The highest BCUT2D eigenvalue weighted by Crippen LogP contribution is 2.26. The number of carbonyl (C=O) groups excluding carboxylic acids is 1. The van der Waals surface area contributed by atoms with E-state index in [-0.39, 0.29) is 17.4 Å². The van der Waals surface area contributed by atoms with Gasteiger partial charge in [0.1, 0.15) is 0 Å². The summed E-state index contributed by atoms with van der Waals surface area (Å²) in [5.74, 6) is -0.0499. The Bertz CT molecular complexity index is 974. The van der Waals surface area contributed by atoms with Crippen LogP contribution in [0.4, 0.5) is 5.69 Å². The summed E-state index contributed by atoms with van der Waals surface area (Å²) in [5.41, 5.74) is 2.81. The number of hydrogen-bond donors (Lipinski definition) is 2. The average molecular weight is 415 g/mol. The molecule has 26 heavy (non-hydrogen) atoms. The van der Waals surface area contributed by atoms with Crippen molar-refractivity contribution in [3.63, 3.8) is 0 Å². The Balaban J connectivity index is 1.70. The summed E-state index contributed by atoms with van der Waals surface area (Å²) in [6.07, 6.45) is 1.75. The van der Waals surface area contributed by atoms with Gasteiger partial charge in [-0.1, -0.05) is 32.0 Å². The predicted molar refractivity (Wildman–Crippen MR) is 105 cm³/mol. The first-order valence-electron chi connectivity index (χ1n) is 8.25. The molecule has 0 aliphatic carbocycles. The summed E-state index contributed by atoms with van der Waals surface area (Å²) < 4.78 is 2.31. The number of anilines is 1.